The maximum Gasteiger partial charge on any atom is 0.0212 e. The Kier molecular flexibility index (Phi) is 25.3. The topological polar surface area (TPSA) is 216 Å². The molecule has 1 aromatic carbocycles. The highest BCUT2D eigenvalue weighted by Crippen LogP contribution is 2.31. The van der Waals surface area contributed by atoms with Gasteiger partial charge in [0.2, 0.25) is 0 Å². The van der Waals surface area contributed by atoms with Gasteiger partial charge in [-0.3, -0.25) is 0 Å². The summed E-state index contributed by atoms with van der Waals surface area (Å²) in [6.07, 6.45) is 9.12. The zero-order valence-corrected chi connectivity index (χ0v) is 26.6. The van der Waals surface area contributed by atoms with E-state index in [0.29, 0.717) is 32.7 Å². The van der Waals surface area contributed by atoms with Crippen LogP contribution in [0, 0.1) is 0 Å². The average molecular weight is 594 g/mol. The van der Waals surface area contributed by atoms with E-state index in [9.17, 15) is 0 Å². The fourth-order valence-electron chi connectivity index (χ4n) is 5.29. The Morgan fingerprint density at radius 2 is 0.548 bits per heavy atom. The van der Waals surface area contributed by atoms with E-state index < -0.39 is 0 Å². The van der Waals surface area contributed by atoms with Crippen molar-refractivity contribution in [1.29, 1.82) is 0 Å². The van der Waals surface area contributed by atoms with E-state index in [2.05, 4.69) is 26.6 Å². The summed E-state index contributed by atoms with van der Waals surface area (Å²) >= 11 is 0. The lowest BCUT2D eigenvalue weighted by Crippen LogP contribution is -2.30. The highest BCUT2D eigenvalue weighted by atomic mass is 14.9. The van der Waals surface area contributed by atoms with E-state index in [-0.39, 0.29) is 0 Å². The first-order valence-corrected chi connectivity index (χ1v) is 16.6. The van der Waals surface area contributed by atoms with E-state index in [4.69, 9.17) is 34.4 Å². The minimum atomic E-state index is 0.683. The second kappa shape index (κ2) is 27.3. The molecule has 11 heteroatoms. The third-order valence-corrected chi connectivity index (χ3v) is 7.61. The minimum Gasteiger partial charge on any atom is -0.330 e. The first kappa shape index (κ1) is 38.8. The normalized spacial score (nSPS) is 11.6. The lowest BCUT2D eigenvalue weighted by Gasteiger charge is -2.29. The van der Waals surface area contributed by atoms with Gasteiger partial charge in [0.25, 0.3) is 0 Å². The molecule has 0 aromatic heterocycles. The molecular formula is C31H67N11. The minimum absolute atomic E-state index is 0.683. The molecule has 0 fully saturated rings. The third-order valence-electron chi connectivity index (χ3n) is 7.61. The first-order valence-electron chi connectivity index (χ1n) is 16.6. The molecule has 1 rings (SSSR count). The van der Waals surface area contributed by atoms with Crippen molar-refractivity contribution in [2.75, 3.05) is 72.0 Å². The largest absolute Gasteiger partial charge is 0.330 e. The predicted molar refractivity (Wildman–Crippen MR) is 180 cm³/mol. The molecule has 0 aliphatic heterocycles. The van der Waals surface area contributed by atoms with Crippen molar-refractivity contribution >= 4 is 0 Å². The van der Waals surface area contributed by atoms with E-state index in [1.54, 1.807) is 0 Å². The molecule has 0 atom stereocenters. The van der Waals surface area contributed by atoms with Crippen LogP contribution in [0.5, 0.6) is 0 Å². The summed E-state index contributed by atoms with van der Waals surface area (Å²) < 4.78 is 0. The molecule has 0 radical (unpaired) electrons. The number of nitrogens with one attached hydrogen (secondary N) is 5. The molecule has 1 aromatic rings. The van der Waals surface area contributed by atoms with Crippen LogP contribution < -0.4 is 61.0 Å². The highest BCUT2D eigenvalue weighted by Gasteiger charge is 2.23. The smallest absolute Gasteiger partial charge is 0.0212 e. The zero-order valence-electron chi connectivity index (χ0n) is 26.6. The molecule has 246 valence electrons. The van der Waals surface area contributed by atoms with Gasteiger partial charge in [0.1, 0.15) is 0 Å². The summed E-state index contributed by atoms with van der Waals surface area (Å²) in [5.41, 5.74) is 43.5. The van der Waals surface area contributed by atoms with E-state index >= 15 is 0 Å². The summed E-state index contributed by atoms with van der Waals surface area (Å²) in [6, 6.07) is 0. The lowest BCUT2D eigenvalue weighted by molar-refractivity contribution is 0.586. The Labute approximate surface area is 256 Å². The van der Waals surface area contributed by atoms with Crippen molar-refractivity contribution in [3.8, 4) is 0 Å². The van der Waals surface area contributed by atoms with E-state index in [1.807, 2.05) is 0 Å². The molecule has 0 saturated carbocycles. The van der Waals surface area contributed by atoms with Gasteiger partial charge >= 0.3 is 0 Å². The Bertz CT molecular complexity index is 593. The van der Waals surface area contributed by atoms with Gasteiger partial charge in [0.15, 0.2) is 0 Å². The summed E-state index contributed by atoms with van der Waals surface area (Å²) in [4.78, 5) is 0. The fraction of sp³-hybridized carbons (Fsp3) is 0.806. The molecule has 0 aliphatic carbocycles. The standard InChI is InChI=1S/C31H67N11/c32-10-3-1-2-9-26-27(21-38-16-4-11-33)29(23-40-18-6-13-35)31(25-42-20-8-15-37)30(24-41-19-7-14-36)28(26)22-39-17-5-12-34/h38-42H,1-25,32-37H2. The van der Waals surface area contributed by atoms with Crippen molar-refractivity contribution in [2.24, 2.45) is 34.4 Å². The van der Waals surface area contributed by atoms with Gasteiger partial charge in [-0.2, -0.15) is 0 Å². The maximum absolute atomic E-state index is 5.86. The van der Waals surface area contributed by atoms with Crippen LogP contribution in [-0.4, -0.2) is 72.0 Å². The van der Waals surface area contributed by atoms with E-state index in [1.165, 1.54) is 33.4 Å². The molecule has 0 bridgehead atoms. The highest BCUT2D eigenvalue weighted by molar-refractivity contribution is 5.53. The molecule has 0 heterocycles. The number of benzene rings is 1. The van der Waals surface area contributed by atoms with Crippen LogP contribution in [0.4, 0.5) is 0 Å². The van der Waals surface area contributed by atoms with Crippen molar-refractivity contribution in [3.63, 3.8) is 0 Å². The molecule has 0 aliphatic rings. The number of nitrogens with two attached hydrogens (primary N) is 6. The van der Waals surface area contributed by atoms with Gasteiger partial charge in [-0.15, -0.1) is 0 Å². The number of rotatable bonds is 30. The second-order valence-electron chi connectivity index (χ2n) is 11.1. The van der Waals surface area contributed by atoms with Gasteiger partial charge in [-0.25, -0.2) is 0 Å². The summed E-state index contributed by atoms with van der Waals surface area (Å²) in [5, 5.41) is 18.6. The van der Waals surface area contributed by atoms with Crippen LogP contribution in [-0.2, 0) is 39.1 Å². The molecule has 42 heavy (non-hydrogen) atoms. The lowest BCUT2D eigenvalue weighted by atomic mass is 9.83. The number of hydrogen-bond donors (Lipinski definition) is 11. The van der Waals surface area contributed by atoms with Gasteiger partial charge in [0, 0.05) is 32.7 Å². The second-order valence-corrected chi connectivity index (χ2v) is 11.1. The average Bonchev–Trinajstić information content (AvgIpc) is 3.00. The van der Waals surface area contributed by atoms with Crippen LogP contribution in [0.3, 0.4) is 0 Å². The summed E-state index contributed by atoms with van der Waals surface area (Å²) in [5.74, 6) is 0. The first-order chi connectivity index (χ1) is 20.7. The number of unbranched alkanes of at least 4 members (excludes halogenated alkanes) is 2. The molecule has 11 nitrogen and oxygen atoms in total. The molecule has 0 amide bonds. The van der Waals surface area contributed by atoms with Gasteiger partial charge < -0.3 is 61.0 Å². The maximum atomic E-state index is 5.86. The van der Waals surface area contributed by atoms with Crippen molar-refractivity contribution in [1.82, 2.24) is 26.6 Å². The van der Waals surface area contributed by atoms with Crippen LogP contribution >= 0.6 is 0 Å². The SMILES string of the molecule is NCCCCCc1c(CNCCCN)c(CNCCCN)c(CNCCCN)c(CNCCCN)c1CNCCCN. The Morgan fingerprint density at radius 1 is 0.286 bits per heavy atom. The Balaban J connectivity index is 3.74. The Hall–Kier alpha value is -1.22. The molecular weight excluding hydrogens is 526 g/mol. The molecule has 0 saturated heterocycles. The summed E-state index contributed by atoms with van der Waals surface area (Å²) in [7, 11) is 0. The molecule has 0 spiro atoms. The fourth-order valence-corrected chi connectivity index (χ4v) is 5.29. The van der Waals surface area contributed by atoms with Crippen LogP contribution in [0.25, 0.3) is 0 Å². The number of hydrogen-bond acceptors (Lipinski definition) is 11. The van der Waals surface area contributed by atoms with Crippen LogP contribution in [0.1, 0.15) is 84.7 Å². The monoisotopic (exact) mass is 594 g/mol. The Morgan fingerprint density at radius 3 is 0.810 bits per heavy atom. The van der Waals surface area contributed by atoms with Gasteiger partial charge in [-0.1, -0.05) is 6.42 Å². The predicted octanol–water partition coefficient (Wildman–Crippen LogP) is -0.450. The van der Waals surface area contributed by atoms with Gasteiger partial charge in [-0.05, 0) is 157 Å². The van der Waals surface area contributed by atoms with Crippen LogP contribution in [0.15, 0.2) is 0 Å². The van der Waals surface area contributed by atoms with Crippen LogP contribution in [0.2, 0.25) is 0 Å². The van der Waals surface area contributed by atoms with E-state index in [0.717, 1.165) is 130 Å². The summed E-state index contributed by atoms with van der Waals surface area (Å²) in [6.45, 7) is 12.7. The van der Waals surface area contributed by atoms with Crippen molar-refractivity contribution < 1.29 is 0 Å². The van der Waals surface area contributed by atoms with Gasteiger partial charge in [0.05, 0.1) is 0 Å². The third kappa shape index (κ3) is 16.0. The quantitative estimate of drug-likeness (QED) is 0.0513. The van der Waals surface area contributed by atoms with Crippen molar-refractivity contribution in [2.45, 2.75) is 90.5 Å². The molecule has 0 unspecified atom stereocenters. The van der Waals surface area contributed by atoms with Crippen molar-refractivity contribution in [3.05, 3.63) is 33.4 Å². The molecule has 17 N–H and O–H groups in total. The zero-order chi connectivity index (χ0) is 30.7.